The number of ether oxygens (including phenoxy) is 1. The maximum Gasteiger partial charge on any atom is 0.324 e. The molecule has 1 atom stereocenters. The third-order valence-corrected chi connectivity index (χ3v) is 8.53. The van der Waals surface area contributed by atoms with Crippen molar-refractivity contribution in [1.29, 1.82) is 0 Å². The Labute approximate surface area is 219 Å². The van der Waals surface area contributed by atoms with Crippen LogP contribution in [0.2, 0.25) is 10.0 Å². The molecular weight excluding hydrogens is 483 g/mol. The summed E-state index contributed by atoms with van der Waals surface area (Å²) in [5.41, 5.74) is 0.261. The Hall–Kier alpha value is -1.79. The summed E-state index contributed by atoms with van der Waals surface area (Å²) in [6.07, 6.45) is 5.43. The van der Waals surface area contributed by atoms with Gasteiger partial charge in [-0.3, -0.25) is 9.69 Å². The number of hydrogen-bond acceptors (Lipinski definition) is 4. The lowest BCUT2D eigenvalue weighted by Crippen LogP contribution is -2.58. The second-order valence-corrected chi connectivity index (χ2v) is 10.8. The first kappa shape index (κ1) is 26.3. The highest BCUT2D eigenvalue weighted by Crippen LogP contribution is 2.32. The van der Waals surface area contributed by atoms with E-state index in [1.807, 2.05) is 43.3 Å². The molecule has 1 N–H and O–H groups in total. The number of carbonyl (C=O) groups is 1. The first-order valence-corrected chi connectivity index (χ1v) is 13.5. The lowest BCUT2D eigenvalue weighted by Gasteiger charge is -2.45. The van der Waals surface area contributed by atoms with Gasteiger partial charge < -0.3 is 14.7 Å². The number of hydrogen-bond donors (Lipinski definition) is 1. The Bertz CT molecular complexity index is 973. The molecule has 190 valence electrons. The van der Waals surface area contributed by atoms with E-state index in [0.717, 1.165) is 69.7 Å². The highest BCUT2D eigenvalue weighted by atomic mass is 35.5. The third-order valence-electron chi connectivity index (χ3n) is 7.79. The van der Waals surface area contributed by atoms with Crippen LogP contribution in [0.4, 0.5) is 0 Å². The SMILES string of the molecule is CCC(Cc1ccccc1)(C(=O)O)N1CCC(CN2CCC(Oc3ccc(Cl)c(Cl)c3)CC2)CC1. The van der Waals surface area contributed by atoms with Crippen LogP contribution >= 0.6 is 23.2 Å². The van der Waals surface area contributed by atoms with Crippen molar-refractivity contribution in [3.63, 3.8) is 0 Å². The molecule has 2 aromatic carbocycles. The number of halogens is 2. The molecule has 35 heavy (non-hydrogen) atoms. The number of rotatable bonds is 9. The minimum atomic E-state index is -0.827. The van der Waals surface area contributed by atoms with E-state index in [4.69, 9.17) is 27.9 Å². The minimum absolute atomic E-state index is 0.198. The molecule has 7 heteroatoms. The second kappa shape index (κ2) is 12.0. The molecule has 2 aliphatic heterocycles. The van der Waals surface area contributed by atoms with Gasteiger partial charge in [0.2, 0.25) is 0 Å². The van der Waals surface area contributed by atoms with Crippen molar-refractivity contribution >= 4 is 29.2 Å². The molecule has 0 bridgehead atoms. The summed E-state index contributed by atoms with van der Waals surface area (Å²) in [7, 11) is 0. The Morgan fingerprint density at radius 2 is 1.69 bits per heavy atom. The summed E-state index contributed by atoms with van der Waals surface area (Å²) in [4.78, 5) is 17.3. The fourth-order valence-electron chi connectivity index (χ4n) is 5.62. The molecule has 0 amide bonds. The molecule has 0 aliphatic carbocycles. The van der Waals surface area contributed by atoms with Crippen LogP contribution in [0.5, 0.6) is 5.75 Å². The van der Waals surface area contributed by atoms with Crippen LogP contribution in [0.3, 0.4) is 0 Å². The van der Waals surface area contributed by atoms with Crippen molar-refractivity contribution in [3.05, 3.63) is 64.1 Å². The lowest BCUT2D eigenvalue weighted by molar-refractivity contribution is -0.153. The highest BCUT2D eigenvalue weighted by Gasteiger charge is 2.44. The molecule has 2 saturated heterocycles. The zero-order valence-electron chi connectivity index (χ0n) is 20.5. The monoisotopic (exact) mass is 518 g/mol. The number of benzene rings is 2. The van der Waals surface area contributed by atoms with E-state index in [1.54, 1.807) is 12.1 Å². The van der Waals surface area contributed by atoms with E-state index >= 15 is 0 Å². The summed E-state index contributed by atoms with van der Waals surface area (Å²) in [5.74, 6) is 0.684. The van der Waals surface area contributed by atoms with Gasteiger partial charge in [-0.2, -0.15) is 0 Å². The van der Waals surface area contributed by atoms with E-state index in [9.17, 15) is 9.90 Å². The summed E-state index contributed by atoms with van der Waals surface area (Å²) in [5, 5.41) is 11.3. The molecule has 0 radical (unpaired) electrons. The molecule has 5 nitrogen and oxygen atoms in total. The number of likely N-dealkylation sites (tertiary alicyclic amines) is 2. The maximum absolute atomic E-state index is 12.5. The maximum atomic E-state index is 12.5. The van der Waals surface area contributed by atoms with Gasteiger partial charge in [0.25, 0.3) is 0 Å². The average molecular weight is 520 g/mol. The molecule has 2 aliphatic rings. The summed E-state index contributed by atoms with van der Waals surface area (Å²) < 4.78 is 6.13. The molecule has 2 fully saturated rings. The zero-order valence-corrected chi connectivity index (χ0v) is 22.0. The fourth-order valence-corrected chi connectivity index (χ4v) is 5.91. The van der Waals surface area contributed by atoms with Crippen LogP contribution in [0.25, 0.3) is 0 Å². The van der Waals surface area contributed by atoms with Gasteiger partial charge in [0.1, 0.15) is 17.4 Å². The van der Waals surface area contributed by atoms with E-state index in [1.165, 1.54) is 0 Å². The third kappa shape index (κ3) is 6.51. The standard InChI is InChI=1S/C28H36Cl2N2O3/c1-2-28(27(33)34,19-21-6-4-3-5-7-21)32-16-10-22(11-17-32)20-31-14-12-23(13-15-31)35-24-8-9-25(29)26(30)18-24/h3-9,18,22-23H,2,10-17,19-20H2,1H3,(H,33,34). The van der Waals surface area contributed by atoms with Crippen LogP contribution in [0.1, 0.15) is 44.6 Å². The van der Waals surface area contributed by atoms with E-state index in [0.29, 0.717) is 28.8 Å². The molecule has 0 saturated carbocycles. The van der Waals surface area contributed by atoms with Crippen molar-refractivity contribution in [2.45, 2.75) is 57.1 Å². The van der Waals surface area contributed by atoms with Gasteiger partial charge in [0.15, 0.2) is 0 Å². The molecule has 4 rings (SSSR count). The Balaban J connectivity index is 1.26. The van der Waals surface area contributed by atoms with Crippen molar-refractivity contribution < 1.29 is 14.6 Å². The second-order valence-electron chi connectivity index (χ2n) is 9.98. The van der Waals surface area contributed by atoms with Gasteiger partial charge in [-0.1, -0.05) is 60.5 Å². The fraction of sp³-hybridized carbons (Fsp3) is 0.536. The van der Waals surface area contributed by atoms with Crippen LogP contribution in [0.15, 0.2) is 48.5 Å². The van der Waals surface area contributed by atoms with Crippen molar-refractivity contribution in [2.75, 3.05) is 32.7 Å². The molecule has 2 heterocycles. The minimum Gasteiger partial charge on any atom is -0.490 e. The first-order valence-electron chi connectivity index (χ1n) is 12.8. The van der Waals surface area contributed by atoms with Crippen molar-refractivity contribution in [2.24, 2.45) is 5.92 Å². The predicted octanol–water partition coefficient (Wildman–Crippen LogP) is 6.02. The van der Waals surface area contributed by atoms with Gasteiger partial charge in [-0.25, -0.2) is 0 Å². The predicted molar refractivity (Wildman–Crippen MR) is 142 cm³/mol. The van der Waals surface area contributed by atoms with Crippen molar-refractivity contribution in [1.82, 2.24) is 9.80 Å². The van der Waals surface area contributed by atoms with Crippen LogP contribution in [-0.4, -0.2) is 65.2 Å². The Morgan fingerprint density at radius 1 is 1.00 bits per heavy atom. The Morgan fingerprint density at radius 3 is 2.29 bits per heavy atom. The van der Waals surface area contributed by atoms with E-state index in [-0.39, 0.29) is 6.10 Å². The molecule has 0 spiro atoms. The quantitative estimate of drug-likeness (QED) is 0.439. The lowest BCUT2D eigenvalue weighted by atomic mass is 9.83. The van der Waals surface area contributed by atoms with Gasteiger partial charge in [0.05, 0.1) is 10.0 Å². The smallest absolute Gasteiger partial charge is 0.324 e. The van der Waals surface area contributed by atoms with E-state index < -0.39 is 11.5 Å². The van der Waals surface area contributed by atoms with Gasteiger partial charge in [-0.15, -0.1) is 0 Å². The molecule has 0 aromatic heterocycles. The van der Waals surface area contributed by atoms with Gasteiger partial charge in [-0.05, 0) is 68.8 Å². The van der Waals surface area contributed by atoms with E-state index in [2.05, 4.69) is 9.80 Å². The summed E-state index contributed by atoms with van der Waals surface area (Å²) in [6.45, 7) is 6.82. The Kier molecular flexibility index (Phi) is 8.98. The highest BCUT2D eigenvalue weighted by molar-refractivity contribution is 6.42. The largest absolute Gasteiger partial charge is 0.490 e. The zero-order chi connectivity index (χ0) is 24.8. The summed E-state index contributed by atoms with van der Waals surface area (Å²) in [6, 6.07) is 15.5. The number of aliphatic carboxylic acids is 1. The van der Waals surface area contributed by atoms with Crippen LogP contribution in [0, 0.1) is 5.92 Å². The molecule has 1 unspecified atom stereocenters. The van der Waals surface area contributed by atoms with Crippen molar-refractivity contribution in [3.8, 4) is 5.75 Å². The number of carboxylic acids is 1. The first-order chi connectivity index (χ1) is 16.9. The number of carboxylic acid groups (broad SMARTS) is 1. The number of nitrogens with zero attached hydrogens (tertiary/aromatic N) is 2. The van der Waals surface area contributed by atoms with Gasteiger partial charge >= 0.3 is 5.97 Å². The average Bonchev–Trinajstić information content (AvgIpc) is 2.87. The van der Waals surface area contributed by atoms with Crippen LogP contribution < -0.4 is 4.74 Å². The molecule has 2 aromatic rings. The summed E-state index contributed by atoms with van der Waals surface area (Å²) >= 11 is 12.1. The number of piperidine rings is 2. The normalized spacial score (nSPS) is 20.4. The van der Waals surface area contributed by atoms with Gasteiger partial charge in [0, 0.05) is 32.1 Å². The molecular formula is C28H36Cl2N2O3. The topological polar surface area (TPSA) is 53.0 Å². The van der Waals surface area contributed by atoms with Crippen LogP contribution in [-0.2, 0) is 11.2 Å².